The molecule has 0 bridgehead atoms. The molecule has 21 heavy (non-hydrogen) atoms. The molecule has 0 atom stereocenters. The largest absolute Gasteiger partial charge is 0.506 e. The molecule has 0 saturated carbocycles. The van der Waals surface area contributed by atoms with Gasteiger partial charge in [-0.1, -0.05) is 22.0 Å². The third kappa shape index (κ3) is 3.09. The van der Waals surface area contributed by atoms with E-state index in [-0.39, 0.29) is 11.7 Å². The summed E-state index contributed by atoms with van der Waals surface area (Å²) in [5, 5.41) is 15.8. The molecule has 2 aromatic carbocycles. The van der Waals surface area contributed by atoms with Crippen molar-refractivity contribution >= 4 is 27.5 Å². The SMILES string of the molecule is O=C(Nc1cc(Br)ccc1O)c1ccc2c(c1)CNCC2. The Morgan fingerprint density at radius 3 is 2.90 bits per heavy atom. The van der Waals surface area contributed by atoms with Crippen molar-refractivity contribution in [3.05, 3.63) is 57.6 Å². The highest BCUT2D eigenvalue weighted by molar-refractivity contribution is 9.10. The maximum absolute atomic E-state index is 12.3. The van der Waals surface area contributed by atoms with Gasteiger partial charge in [-0.15, -0.1) is 0 Å². The topological polar surface area (TPSA) is 61.4 Å². The molecule has 1 aliphatic heterocycles. The molecular formula is C16H15BrN2O2. The van der Waals surface area contributed by atoms with Gasteiger partial charge >= 0.3 is 0 Å². The van der Waals surface area contributed by atoms with Gasteiger partial charge in [0.25, 0.3) is 5.91 Å². The number of aromatic hydroxyl groups is 1. The first-order valence-corrected chi connectivity index (χ1v) is 7.55. The number of carbonyl (C=O) groups excluding carboxylic acids is 1. The van der Waals surface area contributed by atoms with Crippen LogP contribution in [0, 0.1) is 0 Å². The van der Waals surface area contributed by atoms with E-state index in [1.807, 2.05) is 18.2 Å². The second-order valence-electron chi connectivity index (χ2n) is 5.03. The molecule has 0 fully saturated rings. The van der Waals surface area contributed by atoms with Gasteiger partial charge in [0.2, 0.25) is 0 Å². The summed E-state index contributed by atoms with van der Waals surface area (Å²) in [7, 11) is 0. The Hall–Kier alpha value is -1.85. The predicted molar refractivity (Wildman–Crippen MR) is 85.6 cm³/mol. The summed E-state index contributed by atoms with van der Waals surface area (Å²) < 4.78 is 0.797. The molecule has 0 unspecified atom stereocenters. The van der Waals surface area contributed by atoms with E-state index >= 15 is 0 Å². The molecule has 1 heterocycles. The molecule has 5 heteroatoms. The first-order chi connectivity index (χ1) is 10.1. The van der Waals surface area contributed by atoms with Gasteiger partial charge in [-0.2, -0.15) is 0 Å². The van der Waals surface area contributed by atoms with Crippen molar-refractivity contribution in [3.8, 4) is 5.75 Å². The molecule has 0 aromatic heterocycles. The molecular weight excluding hydrogens is 332 g/mol. The number of anilines is 1. The van der Waals surface area contributed by atoms with E-state index < -0.39 is 0 Å². The van der Waals surface area contributed by atoms with Crippen LogP contribution in [0.15, 0.2) is 40.9 Å². The van der Waals surface area contributed by atoms with Gasteiger partial charge < -0.3 is 15.7 Å². The highest BCUT2D eigenvalue weighted by atomic mass is 79.9. The van der Waals surface area contributed by atoms with Gasteiger partial charge in [0.1, 0.15) is 5.75 Å². The lowest BCUT2D eigenvalue weighted by Crippen LogP contribution is -2.24. The van der Waals surface area contributed by atoms with Crippen LogP contribution in [-0.2, 0) is 13.0 Å². The van der Waals surface area contributed by atoms with Crippen LogP contribution >= 0.6 is 15.9 Å². The van der Waals surface area contributed by atoms with E-state index in [4.69, 9.17) is 0 Å². The number of phenolic OH excluding ortho intramolecular Hbond substituents is 1. The fourth-order valence-electron chi connectivity index (χ4n) is 2.42. The zero-order valence-corrected chi connectivity index (χ0v) is 12.9. The van der Waals surface area contributed by atoms with Gasteiger partial charge in [-0.05, 0) is 54.4 Å². The molecule has 3 N–H and O–H groups in total. The van der Waals surface area contributed by atoms with Crippen LogP contribution in [0.25, 0.3) is 0 Å². The average molecular weight is 347 g/mol. The van der Waals surface area contributed by atoms with Crippen molar-refractivity contribution in [2.45, 2.75) is 13.0 Å². The van der Waals surface area contributed by atoms with E-state index in [1.165, 1.54) is 11.6 Å². The molecule has 1 aliphatic rings. The summed E-state index contributed by atoms with van der Waals surface area (Å²) >= 11 is 3.32. The fraction of sp³-hybridized carbons (Fsp3) is 0.188. The molecule has 0 spiro atoms. The van der Waals surface area contributed by atoms with Gasteiger partial charge in [0.05, 0.1) is 5.69 Å². The minimum atomic E-state index is -0.225. The average Bonchev–Trinajstić information content (AvgIpc) is 2.50. The molecule has 0 radical (unpaired) electrons. The molecule has 4 nitrogen and oxygen atoms in total. The summed E-state index contributed by atoms with van der Waals surface area (Å²) in [5.74, 6) is -0.178. The molecule has 1 amide bonds. The number of nitrogens with one attached hydrogen (secondary N) is 2. The summed E-state index contributed by atoms with van der Waals surface area (Å²) in [5.41, 5.74) is 3.44. The van der Waals surface area contributed by atoms with Crippen LogP contribution in [0.5, 0.6) is 5.75 Å². The Labute approximate surface area is 131 Å². The minimum absolute atomic E-state index is 0.0474. The van der Waals surface area contributed by atoms with Crippen molar-refractivity contribution in [3.63, 3.8) is 0 Å². The molecule has 108 valence electrons. The number of benzene rings is 2. The lowest BCUT2D eigenvalue weighted by molar-refractivity contribution is 0.102. The van der Waals surface area contributed by atoms with Gasteiger partial charge in [0, 0.05) is 16.6 Å². The highest BCUT2D eigenvalue weighted by Gasteiger charge is 2.13. The Balaban J connectivity index is 1.83. The standard InChI is InChI=1S/C16H15BrN2O2/c17-13-3-4-15(20)14(8-13)19-16(21)11-2-1-10-5-6-18-9-12(10)7-11/h1-4,7-8,18,20H,5-6,9H2,(H,19,21). The van der Waals surface area contributed by atoms with Crippen molar-refractivity contribution in [2.75, 3.05) is 11.9 Å². The minimum Gasteiger partial charge on any atom is -0.506 e. The van der Waals surface area contributed by atoms with Crippen molar-refractivity contribution in [1.29, 1.82) is 0 Å². The number of amides is 1. The van der Waals surface area contributed by atoms with Crippen LogP contribution in [0.2, 0.25) is 0 Å². The van der Waals surface area contributed by atoms with E-state index in [1.54, 1.807) is 12.1 Å². The molecule has 0 aliphatic carbocycles. The van der Waals surface area contributed by atoms with Gasteiger partial charge in [0.15, 0.2) is 0 Å². The van der Waals surface area contributed by atoms with Crippen LogP contribution in [0.3, 0.4) is 0 Å². The lowest BCUT2D eigenvalue weighted by Gasteiger charge is -2.17. The van der Waals surface area contributed by atoms with E-state index in [0.717, 1.165) is 29.5 Å². The third-order valence-electron chi connectivity index (χ3n) is 3.56. The summed E-state index contributed by atoms with van der Waals surface area (Å²) in [6.45, 7) is 1.77. The van der Waals surface area contributed by atoms with Crippen LogP contribution < -0.4 is 10.6 Å². The van der Waals surface area contributed by atoms with Crippen molar-refractivity contribution in [1.82, 2.24) is 5.32 Å². The normalized spacial score (nSPS) is 13.6. The van der Waals surface area contributed by atoms with Gasteiger partial charge in [-0.25, -0.2) is 0 Å². The number of hydrogen-bond acceptors (Lipinski definition) is 3. The van der Waals surface area contributed by atoms with Crippen LogP contribution in [0.1, 0.15) is 21.5 Å². The number of halogens is 1. The van der Waals surface area contributed by atoms with E-state index in [2.05, 4.69) is 26.6 Å². The van der Waals surface area contributed by atoms with Crippen molar-refractivity contribution < 1.29 is 9.90 Å². The third-order valence-corrected chi connectivity index (χ3v) is 4.06. The molecule has 3 rings (SSSR count). The maximum Gasteiger partial charge on any atom is 0.255 e. The Bertz CT molecular complexity index is 701. The Kier molecular flexibility index (Phi) is 3.94. The number of rotatable bonds is 2. The Morgan fingerprint density at radius 1 is 1.19 bits per heavy atom. The summed E-state index contributed by atoms with van der Waals surface area (Å²) in [4.78, 5) is 12.3. The van der Waals surface area contributed by atoms with Gasteiger partial charge in [-0.3, -0.25) is 4.79 Å². The number of phenols is 1. The summed E-state index contributed by atoms with van der Waals surface area (Å²) in [6.07, 6.45) is 0.990. The number of fused-ring (bicyclic) bond motifs is 1. The lowest BCUT2D eigenvalue weighted by atomic mass is 9.98. The smallest absolute Gasteiger partial charge is 0.255 e. The maximum atomic E-state index is 12.3. The molecule has 2 aromatic rings. The number of carbonyl (C=O) groups is 1. The molecule has 0 saturated heterocycles. The fourth-order valence-corrected chi connectivity index (χ4v) is 2.79. The van der Waals surface area contributed by atoms with E-state index in [9.17, 15) is 9.90 Å². The second kappa shape index (κ2) is 5.87. The van der Waals surface area contributed by atoms with Crippen molar-refractivity contribution in [2.24, 2.45) is 0 Å². The zero-order valence-electron chi connectivity index (χ0n) is 11.3. The quantitative estimate of drug-likeness (QED) is 0.732. The summed E-state index contributed by atoms with van der Waals surface area (Å²) in [6, 6.07) is 10.7. The predicted octanol–water partition coefficient (Wildman–Crippen LogP) is 3.05. The van der Waals surface area contributed by atoms with E-state index in [0.29, 0.717) is 11.3 Å². The second-order valence-corrected chi connectivity index (χ2v) is 5.94. The Morgan fingerprint density at radius 2 is 2.05 bits per heavy atom. The first kappa shape index (κ1) is 14.1. The monoisotopic (exact) mass is 346 g/mol. The highest BCUT2D eigenvalue weighted by Crippen LogP contribution is 2.27. The zero-order chi connectivity index (χ0) is 14.8. The first-order valence-electron chi connectivity index (χ1n) is 6.76. The van der Waals surface area contributed by atoms with Crippen LogP contribution in [-0.4, -0.2) is 17.6 Å². The number of hydrogen-bond donors (Lipinski definition) is 3. The van der Waals surface area contributed by atoms with Crippen LogP contribution in [0.4, 0.5) is 5.69 Å².